The fraction of sp³-hybridized carbons (Fsp3) is 0.222. The molecule has 0 radical (unpaired) electrons. The molecule has 0 spiro atoms. The van der Waals surface area contributed by atoms with Gasteiger partial charge in [-0.2, -0.15) is 0 Å². The number of anilines is 1. The molecule has 0 saturated carbocycles. The first-order valence-corrected chi connectivity index (χ1v) is 4.26. The van der Waals surface area contributed by atoms with Crippen molar-refractivity contribution in [1.82, 2.24) is 0 Å². The molecule has 0 aliphatic heterocycles. The van der Waals surface area contributed by atoms with Gasteiger partial charge in [-0.3, -0.25) is 0 Å². The topological polar surface area (TPSA) is 58.6 Å². The minimum absolute atomic E-state index is 0.123. The van der Waals surface area contributed by atoms with Gasteiger partial charge in [0.15, 0.2) is 0 Å². The second-order valence-electron chi connectivity index (χ2n) is 2.59. The predicted molar refractivity (Wildman–Crippen MR) is 54.5 cm³/mol. The fourth-order valence-corrected chi connectivity index (χ4v) is 1.33. The van der Waals surface area contributed by atoms with Gasteiger partial charge in [0, 0.05) is 13.1 Å². The van der Waals surface area contributed by atoms with E-state index in [1.807, 2.05) is 0 Å². The van der Waals surface area contributed by atoms with E-state index >= 15 is 0 Å². The number of methoxy groups -OCH3 is 1. The van der Waals surface area contributed by atoms with E-state index in [9.17, 15) is 4.79 Å². The monoisotopic (exact) mass is 215 g/mol. The van der Waals surface area contributed by atoms with E-state index in [0.29, 0.717) is 11.4 Å². The van der Waals surface area contributed by atoms with Gasteiger partial charge in [-0.25, -0.2) is 4.79 Å². The Morgan fingerprint density at radius 3 is 2.64 bits per heavy atom. The molecule has 4 nitrogen and oxygen atoms in total. The van der Waals surface area contributed by atoms with Crippen LogP contribution in [-0.2, 0) is 0 Å². The lowest BCUT2D eigenvalue weighted by Gasteiger charge is -2.09. The summed E-state index contributed by atoms with van der Waals surface area (Å²) in [5.41, 5.74) is 0.594. The molecule has 0 saturated heterocycles. The number of carboxylic acids is 1. The van der Waals surface area contributed by atoms with Gasteiger partial charge >= 0.3 is 5.97 Å². The Balaban J connectivity index is 3.31. The van der Waals surface area contributed by atoms with Gasteiger partial charge in [-0.05, 0) is 6.07 Å². The highest BCUT2D eigenvalue weighted by Crippen LogP contribution is 2.30. The van der Waals surface area contributed by atoms with Crippen molar-refractivity contribution in [3.8, 4) is 5.75 Å². The van der Waals surface area contributed by atoms with Crippen LogP contribution in [0, 0.1) is 0 Å². The van der Waals surface area contributed by atoms with Gasteiger partial charge in [0.05, 0.1) is 23.4 Å². The highest BCUT2D eigenvalue weighted by molar-refractivity contribution is 6.32. The lowest BCUT2D eigenvalue weighted by molar-refractivity contribution is 0.0698. The normalized spacial score (nSPS) is 9.64. The molecule has 0 amide bonds. The second-order valence-corrected chi connectivity index (χ2v) is 2.99. The molecule has 1 rings (SSSR count). The quantitative estimate of drug-likeness (QED) is 0.811. The summed E-state index contributed by atoms with van der Waals surface area (Å²) < 4.78 is 4.96. The number of hydrogen-bond donors (Lipinski definition) is 2. The van der Waals surface area contributed by atoms with Crippen LogP contribution in [-0.4, -0.2) is 25.2 Å². The van der Waals surface area contributed by atoms with Crippen LogP contribution in [0.5, 0.6) is 5.75 Å². The Labute approximate surface area is 86.4 Å². The lowest BCUT2D eigenvalue weighted by atomic mass is 10.1. The first kappa shape index (κ1) is 10.7. The van der Waals surface area contributed by atoms with E-state index in [2.05, 4.69) is 5.32 Å². The molecule has 0 bridgehead atoms. The van der Waals surface area contributed by atoms with Crippen molar-refractivity contribution >= 4 is 23.3 Å². The van der Waals surface area contributed by atoms with Crippen LogP contribution >= 0.6 is 11.6 Å². The predicted octanol–water partition coefficient (Wildman–Crippen LogP) is 2.09. The zero-order valence-corrected chi connectivity index (χ0v) is 8.55. The molecule has 1 aromatic carbocycles. The number of aromatic carboxylic acids is 1. The Morgan fingerprint density at radius 2 is 2.21 bits per heavy atom. The summed E-state index contributed by atoms with van der Waals surface area (Å²) in [7, 11) is 3.11. The van der Waals surface area contributed by atoms with E-state index in [0.717, 1.165) is 0 Å². The summed E-state index contributed by atoms with van der Waals surface area (Å²) in [5, 5.41) is 11.9. The van der Waals surface area contributed by atoms with Crippen LogP contribution in [0.1, 0.15) is 10.4 Å². The summed E-state index contributed by atoms with van der Waals surface area (Å²) in [6, 6.07) is 2.90. The van der Waals surface area contributed by atoms with Crippen molar-refractivity contribution < 1.29 is 14.6 Å². The SMILES string of the molecule is CNc1cc(OC)c(Cl)cc1C(=O)O. The average Bonchev–Trinajstić information content (AvgIpc) is 2.17. The van der Waals surface area contributed by atoms with Crippen LogP contribution < -0.4 is 10.1 Å². The molecule has 0 unspecified atom stereocenters. The van der Waals surface area contributed by atoms with Crippen LogP contribution in [0.4, 0.5) is 5.69 Å². The van der Waals surface area contributed by atoms with Gasteiger partial charge < -0.3 is 15.2 Å². The number of halogens is 1. The first-order chi connectivity index (χ1) is 6.60. The van der Waals surface area contributed by atoms with Crippen molar-refractivity contribution in [2.24, 2.45) is 0 Å². The third-order valence-corrected chi connectivity index (χ3v) is 2.09. The molecular weight excluding hydrogens is 206 g/mol. The van der Waals surface area contributed by atoms with E-state index in [-0.39, 0.29) is 10.6 Å². The van der Waals surface area contributed by atoms with Gasteiger partial charge in [0.2, 0.25) is 0 Å². The van der Waals surface area contributed by atoms with E-state index in [4.69, 9.17) is 21.4 Å². The molecule has 14 heavy (non-hydrogen) atoms. The number of rotatable bonds is 3. The van der Waals surface area contributed by atoms with Crippen LogP contribution in [0.2, 0.25) is 5.02 Å². The zero-order valence-electron chi connectivity index (χ0n) is 7.80. The number of hydrogen-bond acceptors (Lipinski definition) is 3. The number of benzene rings is 1. The molecule has 1 aromatic rings. The van der Waals surface area contributed by atoms with Gasteiger partial charge in [0.1, 0.15) is 5.75 Å². The largest absolute Gasteiger partial charge is 0.495 e. The standard InChI is InChI=1S/C9H10ClNO3/c1-11-7-4-8(14-2)6(10)3-5(7)9(12)13/h3-4,11H,1-2H3,(H,12,13). The van der Waals surface area contributed by atoms with Crippen LogP contribution in [0.25, 0.3) is 0 Å². The number of ether oxygens (including phenoxy) is 1. The molecule has 0 heterocycles. The van der Waals surface area contributed by atoms with Crippen molar-refractivity contribution in [2.45, 2.75) is 0 Å². The maximum absolute atomic E-state index is 10.8. The number of nitrogens with one attached hydrogen (secondary N) is 1. The first-order valence-electron chi connectivity index (χ1n) is 3.88. The molecule has 0 aliphatic rings. The fourth-order valence-electron chi connectivity index (χ4n) is 1.09. The summed E-state index contributed by atoms with van der Waals surface area (Å²) in [6.45, 7) is 0. The molecule has 5 heteroatoms. The molecule has 0 atom stereocenters. The zero-order chi connectivity index (χ0) is 10.7. The second kappa shape index (κ2) is 4.19. The van der Waals surface area contributed by atoms with Gasteiger partial charge in [0.25, 0.3) is 0 Å². The summed E-state index contributed by atoms with van der Waals surface area (Å²) >= 11 is 5.79. The molecule has 0 aromatic heterocycles. The van der Waals surface area contributed by atoms with Crippen LogP contribution in [0.3, 0.4) is 0 Å². The Bertz CT molecular complexity index is 365. The molecule has 0 aliphatic carbocycles. The smallest absolute Gasteiger partial charge is 0.337 e. The summed E-state index contributed by atoms with van der Waals surface area (Å²) in [6.07, 6.45) is 0. The van der Waals surface area contributed by atoms with Gasteiger partial charge in [-0.1, -0.05) is 11.6 Å². The Hall–Kier alpha value is -1.42. The lowest BCUT2D eigenvalue weighted by Crippen LogP contribution is -2.03. The van der Waals surface area contributed by atoms with Crippen molar-refractivity contribution in [1.29, 1.82) is 0 Å². The highest BCUT2D eigenvalue weighted by Gasteiger charge is 2.13. The highest BCUT2D eigenvalue weighted by atomic mass is 35.5. The number of carbonyl (C=O) groups is 1. The number of carboxylic acid groups (broad SMARTS) is 1. The van der Waals surface area contributed by atoms with E-state index in [1.165, 1.54) is 13.2 Å². The molecule has 0 fully saturated rings. The summed E-state index contributed by atoms with van der Waals surface area (Å²) in [4.78, 5) is 10.8. The molecule has 2 N–H and O–H groups in total. The Morgan fingerprint density at radius 1 is 1.57 bits per heavy atom. The van der Waals surface area contributed by atoms with E-state index < -0.39 is 5.97 Å². The van der Waals surface area contributed by atoms with Crippen molar-refractivity contribution in [2.75, 3.05) is 19.5 Å². The minimum atomic E-state index is -1.03. The third-order valence-electron chi connectivity index (χ3n) is 1.79. The summed E-state index contributed by atoms with van der Waals surface area (Å²) in [5.74, 6) is -0.583. The maximum Gasteiger partial charge on any atom is 0.337 e. The maximum atomic E-state index is 10.8. The molecular formula is C9H10ClNO3. The minimum Gasteiger partial charge on any atom is -0.495 e. The van der Waals surface area contributed by atoms with Crippen LogP contribution in [0.15, 0.2) is 12.1 Å². The van der Waals surface area contributed by atoms with Crippen molar-refractivity contribution in [3.63, 3.8) is 0 Å². The Kier molecular flexibility index (Phi) is 3.19. The third kappa shape index (κ3) is 1.90. The average molecular weight is 216 g/mol. The molecule has 76 valence electrons. The van der Waals surface area contributed by atoms with E-state index in [1.54, 1.807) is 13.1 Å². The van der Waals surface area contributed by atoms with Crippen molar-refractivity contribution in [3.05, 3.63) is 22.7 Å². The van der Waals surface area contributed by atoms with Gasteiger partial charge in [-0.15, -0.1) is 0 Å².